The van der Waals surface area contributed by atoms with Crippen LogP contribution in [0.3, 0.4) is 0 Å². The molecule has 1 N–H and O–H groups in total. The van der Waals surface area contributed by atoms with Gasteiger partial charge in [0, 0.05) is 34.4 Å². The smallest absolute Gasteiger partial charge is 0.367 e. The molecule has 19 heavy (non-hydrogen) atoms. The number of alkyl halides is 3. The van der Waals surface area contributed by atoms with E-state index >= 15 is 0 Å². The minimum absolute atomic E-state index is 0.0373. The lowest BCUT2D eigenvalue weighted by Gasteiger charge is -2.23. The van der Waals surface area contributed by atoms with Crippen molar-refractivity contribution in [3.63, 3.8) is 0 Å². The first-order chi connectivity index (χ1) is 8.84. The molecule has 0 spiro atoms. The largest absolute Gasteiger partial charge is 0.433 e. The lowest BCUT2D eigenvalue weighted by Crippen LogP contribution is -2.30. The number of rotatable bonds is 2. The first kappa shape index (κ1) is 14.5. The van der Waals surface area contributed by atoms with E-state index in [-0.39, 0.29) is 11.9 Å². The molecular formula is C10H11ClF3N3OS. The van der Waals surface area contributed by atoms with Gasteiger partial charge in [-0.25, -0.2) is 9.97 Å². The van der Waals surface area contributed by atoms with E-state index in [1.807, 2.05) is 0 Å². The van der Waals surface area contributed by atoms with Gasteiger partial charge in [0.1, 0.15) is 5.82 Å². The summed E-state index contributed by atoms with van der Waals surface area (Å²) in [5.41, 5.74) is -1.07. The zero-order valence-electron chi connectivity index (χ0n) is 9.71. The van der Waals surface area contributed by atoms with E-state index in [2.05, 4.69) is 15.3 Å². The van der Waals surface area contributed by atoms with Crippen LogP contribution in [0.1, 0.15) is 18.5 Å². The predicted octanol–water partition coefficient (Wildman–Crippen LogP) is 2.47. The molecule has 0 amide bonds. The monoisotopic (exact) mass is 313 g/mol. The molecule has 1 aromatic rings. The van der Waals surface area contributed by atoms with Crippen LogP contribution in [0, 0.1) is 0 Å². The molecule has 0 aromatic carbocycles. The molecule has 1 aliphatic rings. The maximum Gasteiger partial charge on any atom is 0.433 e. The lowest BCUT2D eigenvalue weighted by molar-refractivity contribution is -0.141. The van der Waals surface area contributed by atoms with Crippen LogP contribution in [0.5, 0.6) is 0 Å². The molecule has 4 nitrogen and oxygen atoms in total. The molecule has 2 heterocycles. The summed E-state index contributed by atoms with van der Waals surface area (Å²) in [5.74, 6) is 1.13. The highest BCUT2D eigenvalue weighted by molar-refractivity contribution is 7.85. The highest BCUT2D eigenvalue weighted by Gasteiger charge is 2.33. The number of hydrogen-bond donors (Lipinski definition) is 1. The molecule has 0 saturated carbocycles. The fourth-order valence-corrected chi connectivity index (χ4v) is 3.27. The van der Waals surface area contributed by atoms with Crippen molar-refractivity contribution < 1.29 is 17.4 Å². The summed E-state index contributed by atoms with van der Waals surface area (Å²) in [7, 11) is -0.821. The molecule has 0 bridgehead atoms. The van der Waals surface area contributed by atoms with Crippen LogP contribution in [0.4, 0.5) is 19.0 Å². The van der Waals surface area contributed by atoms with Crippen LogP contribution in [0.15, 0.2) is 6.07 Å². The molecule has 1 aliphatic heterocycles. The molecule has 0 unspecified atom stereocenters. The van der Waals surface area contributed by atoms with Crippen molar-refractivity contribution in [2.24, 2.45) is 0 Å². The number of nitrogens with zero attached hydrogens (tertiary/aromatic N) is 2. The highest BCUT2D eigenvalue weighted by atomic mass is 35.5. The van der Waals surface area contributed by atoms with Crippen molar-refractivity contribution in [1.29, 1.82) is 0 Å². The zero-order chi connectivity index (χ0) is 14.0. The Hall–Kier alpha value is -0.890. The minimum atomic E-state index is -4.56. The summed E-state index contributed by atoms with van der Waals surface area (Å²) in [4.78, 5) is 6.88. The highest BCUT2D eigenvalue weighted by Crippen LogP contribution is 2.30. The van der Waals surface area contributed by atoms with Crippen LogP contribution in [0.25, 0.3) is 0 Å². The Morgan fingerprint density at radius 3 is 2.53 bits per heavy atom. The number of anilines is 1. The summed E-state index contributed by atoms with van der Waals surface area (Å²) >= 11 is 5.49. The second kappa shape index (κ2) is 5.62. The second-order valence-electron chi connectivity index (χ2n) is 4.17. The molecule has 1 saturated heterocycles. The predicted molar refractivity (Wildman–Crippen MR) is 66.6 cm³/mol. The first-order valence-corrected chi connectivity index (χ1v) is 7.44. The maximum absolute atomic E-state index is 12.6. The summed E-state index contributed by atoms with van der Waals surface area (Å²) in [6.45, 7) is 0. The second-order valence-corrected chi connectivity index (χ2v) is 6.21. The van der Waals surface area contributed by atoms with Gasteiger partial charge in [0.15, 0.2) is 5.69 Å². The lowest BCUT2D eigenvalue weighted by atomic mass is 10.1. The molecular weight excluding hydrogens is 303 g/mol. The van der Waals surface area contributed by atoms with Crippen LogP contribution >= 0.6 is 11.6 Å². The Kier molecular flexibility index (Phi) is 4.29. The third-order valence-corrected chi connectivity index (χ3v) is 4.28. The van der Waals surface area contributed by atoms with Gasteiger partial charge in [-0.1, -0.05) is 0 Å². The van der Waals surface area contributed by atoms with Gasteiger partial charge < -0.3 is 5.32 Å². The van der Waals surface area contributed by atoms with Crippen molar-refractivity contribution in [2.75, 3.05) is 16.8 Å². The Labute approximate surface area is 115 Å². The number of aromatic nitrogens is 2. The quantitative estimate of drug-likeness (QED) is 0.852. The number of nitrogens with one attached hydrogen (secondary N) is 1. The topological polar surface area (TPSA) is 54.9 Å². The van der Waals surface area contributed by atoms with Gasteiger partial charge in [-0.2, -0.15) is 13.2 Å². The van der Waals surface area contributed by atoms with E-state index in [1.54, 1.807) is 0 Å². The van der Waals surface area contributed by atoms with Gasteiger partial charge in [-0.15, -0.1) is 0 Å². The Balaban J connectivity index is 2.12. The Morgan fingerprint density at radius 2 is 1.95 bits per heavy atom. The molecule has 106 valence electrons. The molecule has 2 rings (SSSR count). The van der Waals surface area contributed by atoms with Crippen LogP contribution in [0.2, 0.25) is 5.28 Å². The van der Waals surface area contributed by atoms with E-state index in [0.717, 1.165) is 6.07 Å². The van der Waals surface area contributed by atoms with E-state index in [0.29, 0.717) is 24.3 Å². The summed E-state index contributed by atoms with van der Waals surface area (Å²) < 4.78 is 48.9. The van der Waals surface area contributed by atoms with Crippen LogP contribution in [-0.2, 0) is 17.0 Å². The fourth-order valence-electron chi connectivity index (χ4n) is 1.78. The number of halogens is 4. The van der Waals surface area contributed by atoms with Crippen molar-refractivity contribution >= 4 is 28.2 Å². The summed E-state index contributed by atoms with van der Waals surface area (Å²) in [5, 5.41) is 2.44. The first-order valence-electron chi connectivity index (χ1n) is 5.58. The van der Waals surface area contributed by atoms with Gasteiger partial charge >= 0.3 is 6.18 Å². The Morgan fingerprint density at radius 1 is 1.32 bits per heavy atom. The fraction of sp³-hybridized carbons (Fsp3) is 0.600. The summed E-state index contributed by atoms with van der Waals surface area (Å²) in [6.07, 6.45) is -3.29. The Bertz CT molecular complexity index is 487. The third kappa shape index (κ3) is 4.04. The molecule has 9 heteroatoms. The SMILES string of the molecule is O=S1CCC(Nc2cc(C(F)(F)F)nc(Cl)n2)CC1. The summed E-state index contributed by atoms with van der Waals surface area (Å²) in [6, 6.07) is 0.794. The van der Waals surface area contributed by atoms with Crippen LogP contribution in [-0.4, -0.2) is 31.7 Å². The van der Waals surface area contributed by atoms with Gasteiger partial charge in [0.25, 0.3) is 0 Å². The van der Waals surface area contributed by atoms with Crippen molar-refractivity contribution in [3.8, 4) is 0 Å². The molecule has 1 aromatic heterocycles. The van der Waals surface area contributed by atoms with Crippen LogP contribution < -0.4 is 5.32 Å². The van der Waals surface area contributed by atoms with E-state index in [9.17, 15) is 17.4 Å². The number of hydrogen-bond acceptors (Lipinski definition) is 4. The van der Waals surface area contributed by atoms with Gasteiger partial charge in [-0.3, -0.25) is 4.21 Å². The molecule has 1 fully saturated rings. The van der Waals surface area contributed by atoms with E-state index < -0.39 is 28.0 Å². The van der Waals surface area contributed by atoms with Crippen molar-refractivity contribution in [1.82, 2.24) is 9.97 Å². The molecule has 0 aliphatic carbocycles. The zero-order valence-corrected chi connectivity index (χ0v) is 11.3. The third-order valence-electron chi connectivity index (χ3n) is 2.73. The van der Waals surface area contributed by atoms with Gasteiger partial charge in [0.05, 0.1) is 0 Å². The van der Waals surface area contributed by atoms with Crippen molar-refractivity contribution in [3.05, 3.63) is 17.0 Å². The van der Waals surface area contributed by atoms with E-state index in [1.165, 1.54) is 0 Å². The molecule has 0 atom stereocenters. The standard InChI is InChI=1S/C10H11ClF3N3OS/c11-9-16-7(10(12,13)14)5-8(17-9)15-6-1-3-19(18)4-2-6/h5-6H,1-4H2,(H,15,16,17). The van der Waals surface area contributed by atoms with Gasteiger partial charge in [0.2, 0.25) is 5.28 Å². The van der Waals surface area contributed by atoms with E-state index in [4.69, 9.17) is 11.6 Å². The maximum atomic E-state index is 12.6. The average molecular weight is 314 g/mol. The van der Waals surface area contributed by atoms with Gasteiger partial charge in [-0.05, 0) is 24.4 Å². The van der Waals surface area contributed by atoms with Crippen molar-refractivity contribution in [2.45, 2.75) is 25.1 Å². The normalized spacial score (nSPS) is 24.2. The minimum Gasteiger partial charge on any atom is -0.367 e. The molecule has 0 radical (unpaired) electrons. The average Bonchev–Trinajstić information content (AvgIpc) is 2.30.